The summed E-state index contributed by atoms with van der Waals surface area (Å²) < 4.78 is 0. The molecule has 0 amide bonds. The van der Waals surface area contributed by atoms with Gasteiger partial charge in [-0.15, -0.1) is 0 Å². The molecule has 0 radical (unpaired) electrons. The minimum Gasteiger partial charge on any atom is -0.311 e. The molecule has 78 valence electrons. The van der Waals surface area contributed by atoms with Crippen molar-refractivity contribution in [2.45, 2.75) is 45.7 Å². The van der Waals surface area contributed by atoms with Crippen LogP contribution in [0.3, 0.4) is 0 Å². The fraction of sp³-hybridized carbons (Fsp3) is 1.00. The van der Waals surface area contributed by atoms with Gasteiger partial charge in [-0.05, 0) is 32.4 Å². The number of likely N-dealkylation sites (tertiary alicyclic amines) is 1. The maximum absolute atomic E-state index is 3.67. The lowest BCUT2D eigenvalue weighted by Crippen LogP contribution is -2.41. The highest BCUT2D eigenvalue weighted by Gasteiger charge is 2.21. The Balaban J connectivity index is 2.43. The third-order valence-corrected chi connectivity index (χ3v) is 2.89. The summed E-state index contributed by atoms with van der Waals surface area (Å²) in [5, 5.41) is 3.67. The Morgan fingerprint density at radius 1 is 1.38 bits per heavy atom. The van der Waals surface area contributed by atoms with Crippen LogP contribution in [0.1, 0.15) is 33.6 Å². The molecule has 1 rings (SSSR count). The number of nitrogens with one attached hydrogen (secondary N) is 1. The smallest absolute Gasteiger partial charge is 0.0108 e. The molecule has 0 saturated carbocycles. The number of hydrogen-bond donors (Lipinski definition) is 1. The van der Waals surface area contributed by atoms with Gasteiger partial charge in [0.25, 0.3) is 0 Å². The first-order chi connectivity index (χ1) is 6.09. The molecule has 1 fully saturated rings. The molecule has 1 heterocycles. The first-order valence-corrected chi connectivity index (χ1v) is 5.54. The van der Waals surface area contributed by atoms with E-state index in [-0.39, 0.29) is 0 Å². The number of rotatable bonds is 2. The highest BCUT2D eigenvalue weighted by Crippen LogP contribution is 2.16. The van der Waals surface area contributed by atoms with E-state index in [9.17, 15) is 0 Å². The van der Waals surface area contributed by atoms with E-state index in [1.807, 2.05) is 0 Å². The van der Waals surface area contributed by atoms with Crippen LogP contribution in [0.25, 0.3) is 0 Å². The van der Waals surface area contributed by atoms with Crippen molar-refractivity contribution in [3.63, 3.8) is 0 Å². The van der Waals surface area contributed by atoms with Crippen LogP contribution in [0.2, 0.25) is 0 Å². The summed E-state index contributed by atoms with van der Waals surface area (Å²) in [5.41, 5.74) is 0. The van der Waals surface area contributed by atoms with Crippen LogP contribution in [-0.2, 0) is 0 Å². The van der Waals surface area contributed by atoms with Crippen molar-refractivity contribution >= 4 is 0 Å². The minimum atomic E-state index is 0.621. The maximum atomic E-state index is 3.67. The van der Waals surface area contributed by atoms with E-state index in [0.717, 1.165) is 12.0 Å². The summed E-state index contributed by atoms with van der Waals surface area (Å²) in [5.74, 6) is 0.787. The molecule has 0 aliphatic carbocycles. The van der Waals surface area contributed by atoms with E-state index in [1.54, 1.807) is 0 Å². The Bertz CT molecular complexity index is 145. The first kappa shape index (κ1) is 11.0. The second kappa shape index (κ2) is 4.97. The van der Waals surface area contributed by atoms with Gasteiger partial charge >= 0.3 is 0 Å². The predicted octanol–water partition coefficient (Wildman–Crippen LogP) is 1.71. The van der Waals surface area contributed by atoms with Gasteiger partial charge in [0.15, 0.2) is 0 Å². The monoisotopic (exact) mass is 184 g/mol. The van der Waals surface area contributed by atoms with Crippen LogP contribution >= 0.6 is 0 Å². The fourth-order valence-corrected chi connectivity index (χ4v) is 2.25. The molecule has 13 heavy (non-hydrogen) atoms. The normalized spacial score (nSPS) is 32.1. The number of hydrogen-bond acceptors (Lipinski definition) is 2. The lowest BCUT2D eigenvalue weighted by molar-refractivity contribution is 0.278. The maximum Gasteiger partial charge on any atom is 0.0108 e. The summed E-state index contributed by atoms with van der Waals surface area (Å²) in [7, 11) is 2.23. The average Bonchev–Trinajstić information content (AvgIpc) is 2.13. The topological polar surface area (TPSA) is 15.3 Å². The Hall–Kier alpha value is -0.0800. The van der Waals surface area contributed by atoms with E-state index < -0.39 is 0 Å². The summed E-state index contributed by atoms with van der Waals surface area (Å²) >= 11 is 0. The summed E-state index contributed by atoms with van der Waals surface area (Å²) in [6.07, 6.45) is 2.68. The van der Waals surface area contributed by atoms with Gasteiger partial charge in [0.2, 0.25) is 0 Å². The van der Waals surface area contributed by atoms with Gasteiger partial charge < -0.3 is 10.2 Å². The molecule has 1 aliphatic rings. The minimum absolute atomic E-state index is 0.621. The van der Waals surface area contributed by atoms with Gasteiger partial charge in [-0.1, -0.05) is 20.8 Å². The third-order valence-electron chi connectivity index (χ3n) is 2.89. The molecule has 2 nitrogen and oxygen atoms in total. The van der Waals surface area contributed by atoms with Crippen LogP contribution < -0.4 is 5.32 Å². The van der Waals surface area contributed by atoms with Crippen molar-refractivity contribution < 1.29 is 0 Å². The third kappa shape index (κ3) is 3.65. The molecule has 2 atom stereocenters. The molecule has 2 unspecified atom stereocenters. The largest absolute Gasteiger partial charge is 0.311 e. The average molecular weight is 184 g/mol. The molecule has 1 aliphatic heterocycles. The molecular weight excluding hydrogens is 160 g/mol. The molecule has 0 aromatic rings. The van der Waals surface area contributed by atoms with Crippen molar-refractivity contribution in [1.29, 1.82) is 0 Å². The lowest BCUT2D eigenvalue weighted by Gasteiger charge is -2.26. The molecular formula is C11H24N2. The van der Waals surface area contributed by atoms with Gasteiger partial charge in [0, 0.05) is 18.6 Å². The zero-order valence-electron chi connectivity index (χ0n) is 9.51. The van der Waals surface area contributed by atoms with Crippen LogP contribution in [0.5, 0.6) is 0 Å². The Morgan fingerprint density at radius 2 is 2.08 bits per heavy atom. The Morgan fingerprint density at radius 3 is 2.69 bits per heavy atom. The van der Waals surface area contributed by atoms with Crippen molar-refractivity contribution in [3.05, 3.63) is 0 Å². The molecule has 0 spiro atoms. The molecule has 2 heteroatoms. The SMILES string of the molecule is CC(C)NC1CCCN(C)CC1C. The van der Waals surface area contributed by atoms with Crippen LogP contribution in [0, 0.1) is 5.92 Å². The van der Waals surface area contributed by atoms with Crippen molar-refractivity contribution in [2.75, 3.05) is 20.1 Å². The molecule has 1 N–H and O–H groups in total. The van der Waals surface area contributed by atoms with Crippen molar-refractivity contribution in [1.82, 2.24) is 10.2 Å². The van der Waals surface area contributed by atoms with Gasteiger partial charge in [-0.2, -0.15) is 0 Å². The zero-order chi connectivity index (χ0) is 9.84. The van der Waals surface area contributed by atoms with E-state index in [0.29, 0.717) is 6.04 Å². The van der Waals surface area contributed by atoms with Crippen LogP contribution in [0.4, 0.5) is 0 Å². The standard InChI is InChI=1S/C11H24N2/c1-9(2)12-11-6-5-7-13(4)8-10(11)3/h9-12H,5-8H2,1-4H3. The first-order valence-electron chi connectivity index (χ1n) is 5.54. The van der Waals surface area contributed by atoms with E-state index in [1.165, 1.54) is 25.9 Å². The van der Waals surface area contributed by atoms with Crippen molar-refractivity contribution in [3.8, 4) is 0 Å². The fourth-order valence-electron chi connectivity index (χ4n) is 2.25. The second-order valence-corrected chi connectivity index (χ2v) is 4.81. The molecule has 0 aromatic carbocycles. The highest BCUT2D eigenvalue weighted by atomic mass is 15.1. The van der Waals surface area contributed by atoms with Crippen molar-refractivity contribution in [2.24, 2.45) is 5.92 Å². The van der Waals surface area contributed by atoms with E-state index in [2.05, 4.69) is 38.0 Å². The second-order valence-electron chi connectivity index (χ2n) is 4.81. The summed E-state index contributed by atoms with van der Waals surface area (Å²) in [6, 6.07) is 1.35. The summed E-state index contributed by atoms with van der Waals surface area (Å²) in [6.45, 7) is 9.34. The molecule has 1 saturated heterocycles. The molecule has 0 aromatic heterocycles. The van der Waals surface area contributed by atoms with Gasteiger partial charge in [-0.3, -0.25) is 0 Å². The zero-order valence-corrected chi connectivity index (χ0v) is 9.51. The number of nitrogens with zero attached hydrogens (tertiary/aromatic N) is 1. The van der Waals surface area contributed by atoms with Gasteiger partial charge in [0.05, 0.1) is 0 Å². The van der Waals surface area contributed by atoms with E-state index in [4.69, 9.17) is 0 Å². The van der Waals surface area contributed by atoms with E-state index >= 15 is 0 Å². The lowest BCUT2D eigenvalue weighted by atomic mass is 9.98. The summed E-state index contributed by atoms with van der Waals surface area (Å²) in [4.78, 5) is 2.45. The predicted molar refractivity (Wildman–Crippen MR) is 58.0 cm³/mol. The Labute approximate surface area is 82.7 Å². The van der Waals surface area contributed by atoms with Crippen LogP contribution in [0.15, 0.2) is 0 Å². The molecule has 0 bridgehead atoms. The van der Waals surface area contributed by atoms with Gasteiger partial charge in [-0.25, -0.2) is 0 Å². The van der Waals surface area contributed by atoms with Crippen LogP contribution in [-0.4, -0.2) is 37.1 Å². The van der Waals surface area contributed by atoms with Gasteiger partial charge in [0.1, 0.15) is 0 Å². The highest BCUT2D eigenvalue weighted by molar-refractivity contribution is 4.80. The quantitative estimate of drug-likeness (QED) is 0.703. The Kier molecular flexibility index (Phi) is 4.20.